The number of hydrogen-bond donors (Lipinski definition) is 2. The van der Waals surface area contributed by atoms with Crippen LogP contribution >= 0.6 is 0 Å². The van der Waals surface area contributed by atoms with Gasteiger partial charge >= 0.3 is 11.8 Å². The predicted octanol–water partition coefficient (Wildman–Crippen LogP) is 2.25. The number of nitrogens with one attached hydrogen (secondary N) is 2. The van der Waals surface area contributed by atoms with Crippen molar-refractivity contribution in [2.45, 2.75) is 13.3 Å². The van der Waals surface area contributed by atoms with Gasteiger partial charge in [0.15, 0.2) is 0 Å². The number of non-ortho nitro benzene ring substituents is 1. The van der Waals surface area contributed by atoms with Crippen LogP contribution in [0.4, 0.5) is 11.4 Å². The van der Waals surface area contributed by atoms with Crippen LogP contribution in [0.5, 0.6) is 0 Å². The van der Waals surface area contributed by atoms with Gasteiger partial charge in [0, 0.05) is 23.4 Å². The molecule has 25 heavy (non-hydrogen) atoms. The van der Waals surface area contributed by atoms with E-state index in [-0.39, 0.29) is 5.69 Å². The van der Waals surface area contributed by atoms with Crippen molar-refractivity contribution in [3.05, 3.63) is 69.8 Å². The van der Waals surface area contributed by atoms with Crippen molar-refractivity contribution in [2.75, 3.05) is 5.32 Å². The van der Waals surface area contributed by atoms with E-state index in [0.717, 1.165) is 5.56 Å². The van der Waals surface area contributed by atoms with Crippen molar-refractivity contribution in [1.29, 1.82) is 0 Å². The molecule has 0 bridgehead atoms. The molecule has 0 spiro atoms. The fraction of sp³-hybridized carbons (Fsp3) is 0.118. The Labute approximate surface area is 143 Å². The maximum atomic E-state index is 11.9. The summed E-state index contributed by atoms with van der Waals surface area (Å²) in [6.07, 6.45) is 1.93. The van der Waals surface area contributed by atoms with E-state index in [1.807, 2.05) is 19.1 Å². The number of nitro benzene ring substituents is 1. The molecule has 2 rings (SSSR count). The summed E-state index contributed by atoms with van der Waals surface area (Å²) in [6, 6.07) is 12.9. The molecule has 0 atom stereocenters. The highest BCUT2D eigenvalue weighted by Gasteiger charge is 2.14. The van der Waals surface area contributed by atoms with Gasteiger partial charge in [0.1, 0.15) is 0 Å². The minimum absolute atomic E-state index is 0.0933. The lowest BCUT2D eigenvalue weighted by atomic mass is 10.1. The molecule has 128 valence electrons. The minimum atomic E-state index is -0.937. The zero-order valence-electron chi connectivity index (χ0n) is 13.4. The number of hydrogen-bond acceptors (Lipinski definition) is 5. The number of nitrogens with zero attached hydrogens (tertiary/aromatic N) is 2. The smallest absolute Gasteiger partial charge is 0.317 e. The van der Waals surface area contributed by atoms with E-state index >= 15 is 0 Å². The van der Waals surface area contributed by atoms with Crippen LogP contribution in [0.25, 0.3) is 0 Å². The summed E-state index contributed by atoms with van der Waals surface area (Å²) in [7, 11) is 0. The van der Waals surface area contributed by atoms with E-state index in [4.69, 9.17) is 0 Å². The molecule has 2 aromatic rings. The van der Waals surface area contributed by atoms with Gasteiger partial charge in [-0.25, -0.2) is 5.43 Å². The SMILES string of the molecule is CCc1ccccc1NC(=O)C(=O)N/N=C\c1cccc([N+](=O)[O-])c1. The first-order chi connectivity index (χ1) is 12.0. The molecular weight excluding hydrogens is 324 g/mol. The van der Waals surface area contributed by atoms with E-state index in [2.05, 4.69) is 15.8 Å². The molecule has 2 N–H and O–H groups in total. The van der Waals surface area contributed by atoms with Crippen LogP contribution in [-0.2, 0) is 16.0 Å². The Morgan fingerprint density at radius 1 is 1.16 bits per heavy atom. The van der Waals surface area contributed by atoms with Crippen LogP contribution in [-0.4, -0.2) is 23.0 Å². The van der Waals surface area contributed by atoms with Gasteiger partial charge in [-0.15, -0.1) is 0 Å². The first kappa shape index (κ1) is 17.8. The van der Waals surface area contributed by atoms with Crippen molar-refractivity contribution in [1.82, 2.24) is 5.43 Å². The highest BCUT2D eigenvalue weighted by Crippen LogP contribution is 2.15. The van der Waals surface area contributed by atoms with E-state index in [1.54, 1.807) is 18.2 Å². The lowest BCUT2D eigenvalue weighted by Crippen LogP contribution is -2.32. The molecule has 0 radical (unpaired) electrons. The van der Waals surface area contributed by atoms with E-state index < -0.39 is 16.7 Å². The third kappa shape index (κ3) is 4.96. The molecule has 0 saturated heterocycles. The maximum Gasteiger partial charge on any atom is 0.329 e. The number of anilines is 1. The van der Waals surface area contributed by atoms with Gasteiger partial charge in [-0.05, 0) is 18.1 Å². The first-order valence-corrected chi connectivity index (χ1v) is 7.48. The number of benzene rings is 2. The molecule has 0 aliphatic heterocycles. The second-order valence-electron chi connectivity index (χ2n) is 5.02. The Balaban J connectivity index is 1.96. The normalized spacial score (nSPS) is 10.4. The average Bonchev–Trinajstić information content (AvgIpc) is 2.62. The third-order valence-corrected chi connectivity index (χ3v) is 3.31. The number of amides is 2. The number of aryl methyl sites for hydroxylation is 1. The molecule has 0 heterocycles. The van der Waals surface area contributed by atoms with Gasteiger partial charge in [-0.1, -0.05) is 37.3 Å². The lowest BCUT2D eigenvalue weighted by Gasteiger charge is -2.08. The monoisotopic (exact) mass is 340 g/mol. The summed E-state index contributed by atoms with van der Waals surface area (Å²) in [4.78, 5) is 33.8. The van der Waals surface area contributed by atoms with Gasteiger partial charge in [-0.2, -0.15) is 5.10 Å². The molecule has 2 amide bonds. The highest BCUT2D eigenvalue weighted by molar-refractivity contribution is 6.39. The summed E-state index contributed by atoms with van der Waals surface area (Å²) >= 11 is 0. The van der Waals surface area contributed by atoms with Crippen molar-refractivity contribution >= 4 is 29.4 Å². The van der Waals surface area contributed by atoms with Crippen molar-refractivity contribution in [2.24, 2.45) is 5.10 Å². The number of nitro groups is 1. The molecule has 0 aliphatic rings. The molecule has 0 saturated carbocycles. The molecule has 0 aliphatic carbocycles. The summed E-state index contributed by atoms with van der Waals surface area (Å²) in [5.41, 5.74) is 3.88. The molecular formula is C17H16N4O4. The quantitative estimate of drug-likeness (QED) is 0.376. The predicted molar refractivity (Wildman–Crippen MR) is 93.3 cm³/mol. The number of hydrazone groups is 1. The van der Waals surface area contributed by atoms with Crippen LogP contribution in [0.15, 0.2) is 53.6 Å². The Hall–Kier alpha value is -3.55. The first-order valence-electron chi connectivity index (χ1n) is 7.48. The molecule has 8 heteroatoms. The second-order valence-corrected chi connectivity index (χ2v) is 5.02. The summed E-state index contributed by atoms with van der Waals surface area (Å²) in [5, 5.41) is 16.8. The van der Waals surface area contributed by atoms with Crippen LogP contribution in [0.2, 0.25) is 0 Å². The summed E-state index contributed by atoms with van der Waals surface area (Å²) in [5.74, 6) is -1.79. The zero-order valence-corrected chi connectivity index (χ0v) is 13.4. The van der Waals surface area contributed by atoms with Gasteiger partial charge in [0.25, 0.3) is 5.69 Å². The van der Waals surface area contributed by atoms with Crippen molar-refractivity contribution in [3.8, 4) is 0 Å². The largest absolute Gasteiger partial charge is 0.329 e. The second kappa shape index (κ2) is 8.34. The molecule has 0 aromatic heterocycles. The third-order valence-electron chi connectivity index (χ3n) is 3.31. The van der Waals surface area contributed by atoms with Crippen LogP contribution in [0, 0.1) is 10.1 Å². The standard InChI is InChI=1S/C17H16N4O4/c1-2-13-7-3-4-9-15(13)19-16(22)17(23)20-18-11-12-6-5-8-14(10-12)21(24)25/h3-11H,2H2,1H3,(H,19,22)(H,20,23)/b18-11-. The van der Waals surface area contributed by atoms with E-state index in [0.29, 0.717) is 17.7 Å². The fourth-order valence-corrected chi connectivity index (χ4v) is 2.06. The number of carbonyl (C=O) groups is 2. The number of carbonyl (C=O) groups excluding carboxylic acids is 2. The molecule has 0 unspecified atom stereocenters. The van der Waals surface area contributed by atoms with Crippen molar-refractivity contribution in [3.63, 3.8) is 0 Å². The van der Waals surface area contributed by atoms with Crippen LogP contribution in [0.3, 0.4) is 0 Å². The van der Waals surface area contributed by atoms with E-state index in [1.165, 1.54) is 24.4 Å². The van der Waals surface area contributed by atoms with Gasteiger partial charge in [0.2, 0.25) is 0 Å². The van der Waals surface area contributed by atoms with Crippen LogP contribution < -0.4 is 10.7 Å². The Kier molecular flexibility index (Phi) is 5.94. The van der Waals surface area contributed by atoms with E-state index in [9.17, 15) is 19.7 Å². The summed E-state index contributed by atoms with van der Waals surface area (Å²) in [6.45, 7) is 1.94. The summed E-state index contributed by atoms with van der Waals surface area (Å²) < 4.78 is 0. The van der Waals surface area contributed by atoms with Gasteiger partial charge in [-0.3, -0.25) is 19.7 Å². The molecule has 8 nitrogen and oxygen atoms in total. The number of para-hydroxylation sites is 1. The minimum Gasteiger partial charge on any atom is -0.317 e. The average molecular weight is 340 g/mol. The number of rotatable bonds is 5. The van der Waals surface area contributed by atoms with Crippen LogP contribution in [0.1, 0.15) is 18.1 Å². The topological polar surface area (TPSA) is 114 Å². The zero-order chi connectivity index (χ0) is 18.2. The molecule has 2 aromatic carbocycles. The fourth-order valence-electron chi connectivity index (χ4n) is 2.06. The van der Waals surface area contributed by atoms with Gasteiger partial charge < -0.3 is 5.32 Å². The highest BCUT2D eigenvalue weighted by atomic mass is 16.6. The van der Waals surface area contributed by atoms with Gasteiger partial charge in [0.05, 0.1) is 11.1 Å². The Bertz CT molecular complexity index is 833. The molecule has 0 fully saturated rings. The van der Waals surface area contributed by atoms with Crippen molar-refractivity contribution < 1.29 is 14.5 Å². The Morgan fingerprint density at radius 3 is 2.64 bits per heavy atom. The Morgan fingerprint density at radius 2 is 1.92 bits per heavy atom. The maximum absolute atomic E-state index is 11.9. The lowest BCUT2D eigenvalue weighted by molar-refractivity contribution is -0.384.